The first-order valence-corrected chi connectivity index (χ1v) is 10.4. The van der Waals surface area contributed by atoms with Crippen molar-refractivity contribution in [3.05, 3.63) is 41.7 Å². The summed E-state index contributed by atoms with van der Waals surface area (Å²) in [5.41, 5.74) is 3.04. The smallest absolute Gasteiger partial charge is 0.243 e. The summed E-state index contributed by atoms with van der Waals surface area (Å²) in [5.74, 6) is -0.266. The minimum absolute atomic E-state index is 0.0824. The first-order valence-electron chi connectivity index (χ1n) is 8.95. The molecule has 2 N–H and O–H groups in total. The van der Waals surface area contributed by atoms with Gasteiger partial charge in [0, 0.05) is 25.2 Å². The Morgan fingerprint density at radius 2 is 1.96 bits per heavy atom. The number of aromatic amines is 1. The number of aromatic nitrogens is 2. The number of piperidine rings is 1. The zero-order valence-corrected chi connectivity index (χ0v) is 15.3. The normalized spacial score (nSPS) is 18.6. The lowest BCUT2D eigenvalue weighted by Gasteiger charge is -2.30. The molecule has 1 aromatic carbocycles. The Kier molecular flexibility index (Phi) is 4.54. The Bertz CT molecular complexity index is 901. The molecule has 1 aliphatic heterocycles. The largest absolute Gasteiger partial charge is 0.323 e. The molecule has 1 amide bonds. The molecule has 1 saturated heterocycles. The summed E-state index contributed by atoms with van der Waals surface area (Å²) in [6, 6.07) is 5.49. The summed E-state index contributed by atoms with van der Waals surface area (Å²) >= 11 is 0. The summed E-state index contributed by atoms with van der Waals surface area (Å²) in [7, 11) is -3.50. The lowest BCUT2D eigenvalue weighted by atomic mass is 9.97. The number of amides is 1. The molecule has 0 bridgehead atoms. The third kappa shape index (κ3) is 3.26. The predicted molar refractivity (Wildman–Crippen MR) is 97.2 cm³/mol. The van der Waals surface area contributed by atoms with Gasteiger partial charge in [0.2, 0.25) is 15.9 Å². The number of carbonyl (C=O) groups is 1. The highest BCUT2D eigenvalue weighted by Crippen LogP contribution is 2.28. The highest BCUT2D eigenvalue weighted by Gasteiger charge is 2.32. The first kappa shape index (κ1) is 17.2. The first-order chi connectivity index (χ1) is 12.5. The molecule has 1 aromatic heterocycles. The lowest BCUT2D eigenvalue weighted by Crippen LogP contribution is -2.41. The van der Waals surface area contributed by atoms with Crippen LogP contribution in [0.5, 0.6) is 0 Å². The SMILES string of the molecule is O=C(Nc1cn[nH]c1)C1CCN(S(=O)(=O)c2ccc3c(c2)CCC3)CC1. The fourth-order valence-electron chi connectivity index (χ4n) is 3.78. The van der Waals surface area contributed by atoms with Crippen LogP contribution in [-0.4, -0.2) is 41.9 Å². The van der Waals surface area contributed by atoms with E-state index in [-0.39, 0.29) is 11.8 Å². The van der Waals surface area contributed by atoms with Gasteiger partial charge in [-0.25, -0.2) is 8.42 Å². The zero-order chi connectivity index (χ0) is 18.1. The summed E-state index contributed by atoms with van der Waals surface area (Å²) in [6.45, 7) is 0.728. The molecule has 26 heavy (non-hydrogen) atoms. The van der Waals surface area contributed by atoms with Crippen LogP contribution >= 0.6 is 0 Å². The van der Waals surface area contributed by atoms with Gasteiger partial charge in [-0.3, -0.25) is 9.89 Å². The maximum Gasteiger partial charge on any atom is 0.243 e. The maximum atomic E-state index is 12.9. The third-order valence-electron chi connectivity index (χ3n) is 5.30. The number of anilines is 1. The number of aryl methyl sites for hydroxylation is 2. The van der Waals surface area contributed by atoms with Crippen molar-refractivity contribution in [2.45, 2.75) is 37.0 Å². The Balaban J connectivity index is 1.41. The van der Waals surface area contributed by atoms with Crippen molar-refractivity contribution < 1.29 is 13.2 Å². The molecule has 0 radical (unpaired) electrons. The van der Waals surface area contributed by atoms with E-state index in [0.717, 1.165) is 24.8 Å². The van der Waals surface area contributed by atoms with Gasteiger partial charge in [0.1, 0.15) is 0 Å². The summed E-state index contributed by atoms with van der Waals surface area (Å²) in [5, 5.41) is 9.25. The lowest BCUT2D eigenvalue weighted by molar-refractivity contribution is -0.120. The van der Waals surface area contributed by atoms with Gasteiger partial charge in [0.05, 0.1) is 16.8 Å². The maximum absolute atomic E-state index is 12.9. The number of sulfonamides is 1. The minimum atomic E-state index is -3.50. The van der Waals surface area contributed by atoms with Gasteiger partial charge in [0.15, 0.2) is 0 Å². The van der Waals surface area contributed by atoms with Gasteiger partial charge < -0.3 is 5.32 Å². The summed E-state index contributed by atoms with van der Waals surface area (Å²) < 4.78 is 27.4. The van der Waals surface area contributed by atoms with Crippen molar-refractivity contribution in [3.8, 4) is 0 Å². The predicted octanol–water partition coefficient (Wildman–Crippen LogP) is 1.94. The Labute approximate surface area is 152 Å². The van der Waals surface area contributed by atoms with Crippen LogP contribution < -0.4 is 5.32 Å². The molecule has 0 unspecified atom stereocenters. The summed E-state index contributed by atoms with van der Waals surface area (Å²) in [4.78, 5) is 12.7. The van der Waals surface area contributed by atoms with Crippen molar-refractivity contribution in [2.75, 3.05) is 18.4 Å². The Morgan fingerprint density at radius 3 is 2.69 bits per heavy atom. The average molecular weight is 374 g/mol. The van der Waals surface area contributed by atoms with Crippen molar-refractivity contribution in [1.82, 2.24) is 14.5 Å². The van der Waals surface area contributed by atoms with Crippen LogP contribution in [0.3, 0.4) is 0 Å². The second-order valence-corrected chi connectivity index (χ2v) is 8.88. The van der Waals surface area contributed by atoms with Crippen molar-refractivity contribution in [1.29, 1.82) is 0 Å². The van der Waals surface area contributed by atoms with Gasteiger partial charge in [-0.1, -0.05) is 6.07 Å². The Hall–Kier alpha value is -2.19. The fourth-order valence-corrected chi connectivity index (χ4v) is 5.30. The van der Waals surface area contributed by atoms with Crippen LogP contribution in [0, 0.1) is 5.92 Å². The molecule has 0 saturated carbocycles. The van der Waals surface area contributed by atoms with E-state index in [4.69, 9.17) is 0 Å². The molecular formula is C18H22N4O3S. The number of hydrogen-bond donors (Lipinski definition) is 2. The molecule has 8 heteroatoms. The third-order valence-corrected chi connectivity index (χ3v) is 7.19. The van der Waals surface area contributed by atoms with Gasteiger partial charge in [-0.15, -0.1) is 0 Å². The second-order valence-electron chi connectivity index (χ2n) is 6.94. The number of carbonyl (C=O) groups excluding carboxylic acids is 1. The van der Waals surface area contributed by atoms with Crippen LogP contribution in [0.2, 0.25) is 0 Å². The molecule has 0 atom stereocenters. The number of fused-ring (bicyclic) bond motifs is 1. The molecule has 138 valence electrons. The van der Waals surface area contributed by atoms with Crippen molar-refractivity contribution >= 4 is 21.6 Å². The van der Waals surface area contributed by atoms with E-state index in [9.17, 15) is 13.2 Å². The molecule has 7 nitrogen and oxygen atoms in total. The van der Waals surface area contributed by atoms with E-state index < -0.39 is 10.0 Å². The van der Waals surface area contributed by atoms with Crippen LogP contribution in [0.4, 0.5) is 5.69 Å². The second kappa shape index (κ2) is 6.85. The van der Waals surface area contributed by atoms with E-state index in [0.29, 0.717) is 36.5 Å². The molecule has 2 aliphatic rings. The Morgan fingerprint density at radius 1 is 1.19 bits per heavy atom. The van der Waals surface area contributed by atoms with Gasteiger partial charge in [-0.2, -0.15) is 9.40 Å². The average Bonchev–Trinajstić information content (AvgIpc) is 3.32. The molecule has 4 rings (SSSR count). The zero-order valence-electron chi connectivity index (χ0n) is 14.4. The number of hydrogen-bond acceptors (Lipinski definition) is 4. The van der Waals surface area contributed by atoms with Gasteiger partial charge >= 0.3 is 0 Å². The van der Waals surface area contributed by atoms with Gasteiger partial charge in [0.25, 0.3) is 0 Å². The fraction of sp³-hybridized carbons (Fsp3) is 0.444. The van der Waals surface area contributed by atoms with Crippen LogP contribution in [-0.2, 0) is 27.7 Å². The van der Waals surface area contributed by atoms with E-state index in [1.54, 1.807) is 18.5 Å². The molecule has 1 fully saturated rings. The highest BCUT2D eigenvalue weighted by molar-refractivity contribution is 7.89. The van der Waals surface area contributed by atoms with E-state index in [1.165, 1.54) is 9.87 Å². The molecule has 0 spiro atoms. The van der Waals surface area contributed by atoms with E-state index in [1.807, 2.05) is 12.1 Å². The van der Waals surface area contributed by atoms with E-state index >= 15 is 0 Å². The van der Waals surface area contributed by atoms with Gasteiger partial charge in [-0.05, 0) is 55.4 Å². The number of benzene rings is 1. The van der Waals surface area contributed by atoms with Crippen LogP contribution in [0.15, 0.2) is 35.5 Å². The monoisotopic (exact) mass is 374 g/mol. The molecular weight excluding hydrogens is 352 g/mol. The highest BCUT2D eigenvalue weighted by atomic mass is 32.2. The van der Waals surface area contributed by atoms with Crippen LogP contribution in [0.1, 0.15) is 30.4 Å². The molecule has 1 aliphatic carbocycles. The summed E-state index contributed by atoms with van der Waals surface area (Å²) in [6.07, 6.45) is 7.29. The number of rotatable bonds is 4. The quantitative estimate of drug-likeness (QED) is 0.855. The number of nitrogens with zero attached hydrogens (tertiary/aromatic N) is 2. The minimum Gasteiger partial charge on any atom is -0.323 e. The van der Waals surface area contributed by atoms with Crippen LogP contribution in [0.25, 0.3) is 0 Å². The van der Waals surface area contributed by atoms with Crippen molar-refractivity contribution in [3.63, 3.8) is 0 Å². The van der Waals surface area contributed by atoms with Crippen molar-refractivity contribution in [2.24, 2.45) is 5.92 Å². The topological polar surface area (TPSA) is 95.2 Å². The molecule has 2 heterocycles. The van der Waals surface area contributed by atoms with E-state index in [2.05, 4.69) is 15.5 Å². The standard InChI is InChI=1S/C18H22N4O3S/c23-18(21-16-11-19-20-12-16)14-6-8-22(9-7-14)26(24,25)17-5-4-13-2-1-3-15(13)10-17/h4-5,10-12,14H,1-3,6-9H2,(H,19,20)(H,21,23). The number of H-pyrrole nitrogens is 1. The number of nitrogens with one attached hydrogen (secondary N) is 2. The molecule has 2 aromatic rings.